The lowest BCUT2D eigenvalue weighted by atomic mass is 10.2. The van der Waals surface area contributed by atoms with Crippen molar-refractivity contribution in [2.24, 2.45) is 0 Å². The fourth-order valence-corrected chi connectivity index (χ4v) is 2.91. The maximum atomic E-state index is 13.6. The molecule has 0 radical (unpaired) electrons. The summed E-state index contributed by atoms with van der Waals surface area (Å²) < 4.78 is 44.1. The molecule has 0 saturated heterocycles. The Morgan fingerprint density at radius 2 is 2.00 bits per heavy atom. The minimum atomic E-state index is -3.75. The molecular weight excluding hydrogens is 391 g/mol. The largest absolute Gasteiger partial charge is 0.438 e. The quantitative estimate of drug-likeness (QED) is 0.829. The molecule has 0 spiro atoms. The molecule has 2 rings (SSSR count). The zero-order valence-corrected chi connectivity index (χ0v) is 14.7. The van der Waals surface area contributed by atoms with Crippen molar-refractivity contribution < 1.29 is 22.0 Å². The number of sulfonamides is 1. The SMILES string of the molecule is CN(C)S(=O)(=O)c1ccc(C(=O)NCc2cc(Br)ccc2F)o1. The summed E-state index contributed by atoms with van der Waals surface area (Å²) in [5, 5.41) is 2.14. The van der Waals surface area contributed by atoms with Crippen molar-refractivity contribution in [3.63, 3.8) is 0 Å². The summed E-state index contributed by atoms with van der Waals surface area (Å²) in [5.41, 5.74) is 0.292. The third-order valence-electron chi connectivity index (χ3n) is 2.99. The second kappa shape index (κ2) is 6.81. The second-order valence-electron chi connectivity index (χ2n) is 4.82. The first kappa shape index (κ1) is 17.6. The van der Waals surface area contributed by atoms with Crippen LogP contribution in [0.15, 0.2) is 44.3 Å². The molecule has 0 aliphatic heterocycles. The van der Waals surface area contributed by atoms with Gasteiger partial charge in [0.15, 0.2) is 5.76 Å². The van der Waals surface area contributed by atoms with E-state index in [2.05, 4.69) is 21.2 Å². The van der Waals surface area contributed by atoms with Crippen molar-refractivity contribution in [3.05, 3.63) is 51.9 Å². The summed E-state index contributed by atoms with van der Waals surface area (Å²) in [4.78, 5) is 12.0. The van der Waals surface area contributed by atoms with Crippen LogP contribution in [-0.2, 0) is 16.6 Å². The Morgan fingerprint density at radius 3 is 2.65 bits per heavy atom. The zero-order valence-electron chi connectivity index (χ0n) is 12.3. The van der Waals surface area contributed by atoms with E-state index < -0.39 is 21.7 Å². The van der Waals surface area contributed by atoms with Crippen molar-refractivity contribution in [1.82, 2.24) is 9.62 Å². The number of nitrogens with one attached hydrogen (secondary N) is 1. The Labute approximate surface area is 141 Å². The molecule has 0 fully saturated rings. The van der Waals surface area contributed by atoms with E-state index in [0.717, 1.165) is 4.31 Å². The van der Waals surface area contributed by atoms with Gasteiger partial charge in [0.05, 0.1) is 0 Å². The van der Waals surface area contributed by atoms with Crippen molar-refractivity contribution in [2.45, 2.75) is 11.6 Å². The number of amides is 1. The summed E-state index contributed by atoms with van der Waals surface area (Å²) >= 11 is 3.22. The Morgan fingerprint density at radius 1 is 1.30 bits per heavy atom. The number of nitrogens with zero attached hydrogens (tertiary/aromatic N) is 1. The highest BCUT2D eigenvalue weighted by atomic mass is 79.9. The van der Waals surface area contributed by atoms with E-state index in [9.17, 15) is 17.6 Å². The van der Waals surface area contributed by atoms with Gasteiger partial charge < -0.3 is 9.73 Å². The van der Waals surface area contributed by atoms with Crippen LogP contribution < -0.4 is 5.32 Å². The highest BCUT2D eigenvalue weighted by Gasteiger charge is 2.23. The number of halogens is 2. The van der Waals surface area contributed by atoms with E-state index in [-0.39, 0.29) is 17.4 Å². The van der Waals surface area contributed by atoms with E-state index in [1.807, 2.05) is 0 Å². The normalized spacial score (nSPS) is 11.7. The fraction of sp³-hybridized carbons (Fsp3) is 0.214. The standard InChI is InChI=1S/C14H14BrFN2O4S/c1-18(2)23(20,21)13-6-5-12(22-13)14(19)17-8-9-7-10(15)3-4-11(9)16/h3-7H,8H2,1-2H3,(H,17,19). The van der Waals surface area contributed by atoms with Crippen molar-refractivity contribution in [2.75, 3.05) is 14.1 Å². The minimum absolute atomic E-state index is 0.0550. The van der Waals surface area contributed by atoms with Crippen LogP contribution in [0.4, 0.5) is 4.39 Å². The molecule has 0 saturated carbocycles. The molecule has 0 unspecified atom stereocenters. The number of rotatable bonds is 5. The molecule has 2 aromatic rings. The van der Waals surface area contributed by atoms with Crippen LogP contribution in [0.5, 0.6) is 0 Å². The van der Waals surface area contributed by atoms with Gasteiger partial charge in [0, 0.05) is 30.7 Å². The Balaban J connectivity index is 2.10. The van der Waals surface area contributed by atoms with Crippen molar-refractivity contribution >= 4 is 31.9 Å². The zero-order chi connectivity index (χ0) is 17.2. The van der Waals surface area contributed by atoms with E-state index in [0.29, 0.717) is 10.0 Å². The Hall–Kier alpha value is -1.71. The number of furan rings is 1. The molecule has 0 aliphatic rings. The molecule has 1 amide bonds. The summed E-state index contributed by atoms with van der Waals surface area (Å²) in [5.74, 6) is -1.26. The van der Waals surface area contributed by atoms with E-state index in [1.165, 1.54) is 32.3 Å². The minimum Gasteiger partial charge on any atom is -0.438 e. The van der Waals surface area contributed by atoms with Gasteiger partial charge in [-0.15, -0.1) is 0 Å². The molecule has 124 valence electrons. The Kier molecular flexibility index (Phi) is 5.23. The van der Waals surface area contributed by atoms with Crippen LogP contribution >= 0.6 is 15.9 Å². The number of hydrogen-bond donors (Lipinski definition) is 1. The molecule has 0 atom stereocenters. The average molecular weight is 405 g/mol. The predicted octanol–water partition coefficient (Wildman–Crippen LogP) is 2.36. The summed E-state index contributed by atoms with van der Waals surface area (Å²) in [6.07, 6.45) is 0. The van der Waals surface area contributed by atoms with Gasteiger partial charge in [-0.2, -0.15) is 0 Å². The molecule has 1 aromatic heterocycles. The van der Waals surface area contributed by atoms with Crippen LogP contribution in [-0.4, -0.2) is 32.7 Å². The van der Waals surface area contributed by atoms with Crippen LogP contribution in [0.2, 0.25) is 0 Å². The number of carbonyl (C=O) groups is 1. The average Bonchev–Trinajstić information content (AvgIpc) is 2.98. The lowest BCUT2D eigenvalue weighted by Crippen LogP contribution is -2.23. The highest BCUT2D eigenvalue weighted by Crippen LogP contribution is 2.18. The smallest absolute Gasteiger partial charge is 0.287 e. The van der Waals surface area contributed by atoms with Gasteiger partial charge in [-0.3, -0.25) is 4.79 Å². The third kappa shape index (κ3) is 3.98. The van der Waals surface area contributed by atoms with Gasteiger partial charge in [0.1, 0.15) is 5.82 Å². The van der Waals surface area contributed by atoms with Crippen LogP contribution in [0.3, 0.4) is 0 Å². The lowest BCUT2D eigenvalue weighted by Gasteiger charge is -2.08. The maximum Gasteiger partial charge on any atom is 0.287 e. The molecule has 0 aliphatic carbocycles. The molecule has 23 heavy (non-hydrogen) atoms. The van der Waals surface area contributed by atoms with Crippen LogP contribution in [0.25, 0.3) is 0 Å². The van der Waals surface area contributed by atoms with E-state index in [4.69, 9.17) is 4.42 Å². The Bertz CT molecular complexity index is 833. The van der Waals surface area contributed by atoms with Gasteiger partial charge in [-0.1, -0.05) is 15.9 Å². The maximum absolute atomic E-state index is 13.6. The monoisotopic (exact) mass is 404 g/mol. The number of benzene rings is 1. The van der Waals surface area contributed by atoms with Crippen molar-refractivity contribution in [1.29, 1.82) is 0 Å². The highest BCUT2D eigenvalue weighted by molar-refractivity contribution is 9.10. The molecular formula is C14H14BrFN2O4S. The van der Waals surface area contributed by atoms with Crippen LogP contribution in [0.1, 0.15) is 16.1 Å². The molecule has 0 bridgehead atoms. The van der Waals surface area contributed by atoms with Gasteiger partial charge >= 0.3 is 0 Å². The van der Waals surface area contributed by atoms with Gasteiger partial charge in [0.2, 0.25) is 5.09 Å². The second-order valence-corrected chi connectivity index (χ2v) is 7.82. The van der Waals surface area contributed by atoms with Crippen LogP contribution in [0, 0.1) is 5.82 Å². The fourth-order valence-electron chi connectivity index (χ4n) is 1.70. The first-order valence-electron chi connectivity index (χ1n) is 6.46. The first-order valence-corrected chi connectivity index (χ1v) is 8.69. The summed E-state index contributed by atoms with van der Waals surface area (Å²) in [6, 6.07) is 6.82. The summed E-state index contributed by atoms with van der Waals surface area (Å²) in [6.45, 7) is -0.0550. The molecule has 6 nitrogen and oxygen atoms in total. The summed E-state index contributed by atoms with van der Waals surface area (Å²) in [7, 11) is -1.04. The number of hydrogen-bond acceptors (Lipinski definition) is 4. The third-order valence-corrected chi connectivity index (χ3v) is 5.17. The molecule has 1 N–H and O–H groups in total. The van der Waals surface area contributed by atoms with Gasteiger partial charge in [-0.25, -0.2) is 17.1 Å². The van der Waals surface area contributed by atoms with E-state index in [1.54, 1.807) is 12.1 Å². The number of carbonyl (C=O) groups excluding carboxylic acids is 1. The van der Waals surface area contributed by atoms with Gasteiger partial charge in [-0.05, 0) is 30.3 Å². The first-order chi connectivity index (χ1) is 10.7. The van der Waals surface area contributed by atoms with E-state index >= 15 is 0 Å². The lowest BCUT2D eigenvalue weighted by molar-refractivity contribution is 0.0917. The molecule has 1 aromatic carbocycles. The molecule has 1 heterocycles. The predicted molar refractivity (Wildman–Crippen MR) is 84.9 cm³/mol. The van der Waals surface area contributed by atoms with Crippen molar-refractivity contribution in [3.8, 4) is 0 Å². The molecule has 9 heteroatoms. The topological polar surface area (TPSA) is 79.6 Å². The van der Waals surface area contributed by atoms with Gasteiger partial charge in [0.25, 0.3) is 15.9 Å².